The Hall–Kier alpha value is -2.74. The maximum absolute atomic E-state index is 12.0. The van der Waals surface area contributed by atoms with E-state index in [2.05, 4.69) is 42.1 Å². The van der Waals surface area contributed by atoms with Gasteiger partial charge in [-0.25, -0.2) is 14.6 Å². The van der Waals surface area contributed by atoms with Crippen LogP contribution in [0.5, 0.6) is 5.75 Å². The highest BCUT2D eigenvalue weighted by molar-refractivity contribution is 7.15. The SMILES string of the molecule is CCC(=O)N1CCC(c2ccc3c(c2)-c2nc(-c4ncnn4C(C)C)sc2CCO3)CC1. The van der Waals surface area contributed by atoms with Crippen LogP contribution in [0.2, 0.25) is 0 Å². The predicted octanol–water partition coefficient (Wildman–Crippen LogP) is 4.70. The second-order valence-electron chi connectivity index (χ2n) is 8.78. The number of carbonyl (C=O) groups is 1. The fraction of sp³-hybridized carbons (Fsp3) is 0.500. The summed E-state index contributed by atoms with van der Waals surface area (Å²) in [6.07, 6.45) is 5.02. The minimum absolute atomic E-state index is 0.226. The molecule has 0 atom stereocenters. The van der Waals surface area contributed by atoms with Gasteiger partial charge in [0.15, 0.2) is 10.8 Å². The zero-order valence-corrected chi connectivity index (χ0v) is 19.7. The zero-order valence-electron chi connectivity index (χ0n) is 18.9. The molecule has 0 aliphatic carbocycles. The summed E-state index contributed by atoms with van der Waals surface area (Å²) in [5, 5.41) is 5.29. The van der Waals surface area contributed by atoms with Crippen molar-refractivity contribution >= 4 is 17.2 Å². The first-order chi connectivity index (χ1) is 15.5. The number of hydrogen-bond donors (Lipinski definition) is 0. The minimum atomic E-state index is 0.226. The Kier molecular flexibility index (Phi) is 5.71. The van der Waals surface area contributed by atoms with Gasteiger partial charge in [0.25, 0.3) is 0 Å². The molecule has 0 N–H and O–H groups in total. The van der Waals surface area contributed by atoms with Crippen LogP contribution in [0.3, 0.4) is 0 Å². The number of hydrogen-bond acceptors (Lipinski definition) is 6. The molecule has 1 fully saturated rings. The van der Waals surface area contributed by atoms with E-state index in [0.717, 1.165) is 60.2 Å². The number of likely N-dealkylation sites (tertiary alicyclic amines) is 1. The number of rotatable bonds is 4. The normalized spacial score (nSPS) is 16.4. The Morgan fingerprint density at radius 3 is 2.84 bits per heavy atom. The molecule has 32 heavy (non-hydrogen) atoms. The smallest absolute Gasteiger partial charge is 0.222 e. The van der Waals surface area contributed by atoms with E-state index in [1.54, 1.807) is 17.7 Å². The molecule has 8 heteroatoms. The third kappa shape index (κ3) is 3.81. The first-order valence-electron chi connectivity index (χ1n) is 11.5. The van der Waals surface area contributed by atoms with Crippen molar-refractivity contribution in [2.45, 2.75) is 58.4 Å². The number of carbonyl (C=O) groups excluding carboxylic acids is 1. The predicted molar refractivity (Wildman–Crippen MR) is 125 cm³/mol. The third-order valence-electron chi connectivity index (χ3n) is 6.42. The van der Waals surface area contributed by atoms with Crippen LogP contribution in [0.4, 0.5) is 0 Å². The molecule has 1 amide bonds. The van der Waals surface area contributed by atoms with E-state index in [0.29, 0.717) is 18.9 Å². The van der Waals surface area contributed by atoms with Crippen molar-refractivity contribution in [1.29, 1.82) is 0 Å². The first kappa shape index (κ1) is 21.1. The van der Waals surface area contributed by atoms with Crippen molar-refractivity contribution in [2.24, 2.45) is 0 Å². The van der Waals surface area contributed by atoms with Gasteiger partial charge in [-0.2, -0.15) is 5.10 Å². The summed E-state index contributed by atoms with van der Waals surface area (Å²) in [6, 6.07) is 6.77. The second-order valence-corrected chi connectivity index (χ2v) is 9.86. The maximum Gasteiger partial charge on any atom is 0.222 e. The number of piperidine rings is 1. The van der Waals surface area contributed by atoms with Gasteiger partial charge in [-0.15, -0.1) is 11.3 Å². The molecule has 0 radical (unpaired) electrons. The maximum atomic E-state index is 12.0. The fourth-order valence-electron chi connectivity index (χ4n) is 4.66. The van der Waals surface area contributed by atoms with E-state index in [4.69, 9.17) is 9.72 Å². The molecule has 2 aliphatic rings. The molecule has 1 saturated heterocycles. The van der Waals surface area contributed by atoms with Gasteiger partial charge < -0.3 is 9.64 Å². The summed E-state index contributed by atoms with van der Waals surface area (Å²) in [5.74, 6) is 2.43. The van der Waals surface area contributed by atoms with Crippen molar-refractivity contribution in [3.8, 4) is 27.8 Å². The van der Waals surface area contributed by atoms with Crippen LogP contribution in [-0.4, -0.2) is 50.3 Å². The molecule has 2 aromatic heterocycles. The summed E-state index contributed by atoms with van der Waals surface area (Å²) in [7, 11) is 0. The van der Waals surface area contributed by atoms with Crippen molar-refractivity contribution < 1.29 is 9.53 Å². The zero-order chi connectivity index (χ0) is 22.2. The average molecular weight is 452 g/mol. The van der Waals surface area contributed by atoms with E-state index in [1.807, 2.05) is 16.5 Å². The molecule has 168 valence electrons. The molecule has 7 nitrogen and oxygen atoms in total. The number of thiazole rings is 1. The molecule has 5 rings (SSSR count). The van der Waals surface area contributed by atoms with E-state index >= 15 is 0 Å². The lowest BCUT2D eigenvalue weighted by Gasteiger charge is -2.32. The Morgan fingerprint density at radius 2 is 2.09 bits per heavy atom. The second kappa shape index (κ2) is 8.65. The summed E-state index contributed by atoms with van der Waals surface area (Å²) in [5.41, 5.74) is 3.39. The van der Waals surface area contributed by atoms with Crippen LogP contribution >= 0.6 is 11.3 Å². The molecule has 1 aromatic carbocycles. The molecular formula is C24H29N5O2S. The fourth-order valence-corrected chi connectivity index (χ4v) is 5.71. The van der Waals surface area contributed by atoms with Crippen LogP contribution in [0.25, 0.3) is 22.1 Å². The number of nitrogens with zero attached hydrogens (tertiary/aromatic N) is 5. The highest BCUT2D eigenvalue weighted by Crippen LogP contribution is 2.42. The van der Waals surface area contributed by atoms with Gasteiger partial charge in [-0.05, 0) is 50.3 Å². The Balaban J connectivity index is 1.47. The van der Waals surface area contributed by atoms with Gasteiger partial charge in [0.05, 0.1) is 12.3 Å². The van der Waals surface area contributed by atoms with Gasteiger partial charge in [0, 0.05) is 42.4 Å². The quantitative estimate of drug-likeness (QED) is 0.575. The van der Waals surface area contributed by atoms with Crippen molar-refractivity contribution in [3.05, 3.63) is 35.0 Å². The van der Waals surface area contributed by atoms with Gasteiger partial charge in [-0.3, -0.25) is 4.79 Å². The van der Waals surface area contributed by atoms with Gasteiger partial charge in [0.2, 0.25) is 5.91 Å². The molecular weight excluding hydrogens is 422 g/mol. The molecule has 0 spiro atoms. The number of benzene rings is 1. The average Bonchev–Trinajstić information content (AvgIpc) is 3.43. The molecule has 0 saturated carbocycles. The standard InChI is InChI=1S/C24H29N5O2S/c1-4-21(30)28-10-7-16(8-11-28)17-5-6-19-18(13-17)22-20(9-12-31-19)32-24(27-22)23-25-14-26-29(23)15(2)3/h5-6,13-16H,4,7-12H2,1-3H3. The molecule has 2 aliphatic heterocycles. The number of aromatic nitrogens is 4. The van der Waals surface area contributed by atoms with Crippen LogP contribution in [0.15, 0.2) is 24.5 Å². The Bertz CT molecular complexity index is 1130. The topological polar surface area (TPSA) is 73.1 Å². The highest BCUT2D eigenvalue weighted by Gasteiger charge is 2.27. The van der Waals surface area contributed by atoms with Crippen LogP contribution < -0.4 is 4.74 Å². The van der Waals surface area contributed by atoms with Crippen LogP contribution in [0, 0.1) is 0 Å². The summed E-state index contributed by atoms with van der Waals surface area (Å²) in [4.78, 5) is 24.8. The van der Waals surface area contributed by atoms with Gasteiger partial charge in [0.1, 0.15) is 12.1 Å². The van der Waals surface area contributed by atoms with Crippen molar-refractivity contribution in [3.63, 3.8) is 0 Å². The first-order valence-corrected chi connectivity index (χ1v) is 12.3. The molecule has 0 bridgehead atoms. The van der Waals surface area contributed by atoms with Crippen LogP contribution in [-0.2, 0) is 11.2 Å². The third-order valence-corrected chi connectivity index (χ3v) is 7.53. The lowest BCUT2D eigenvalue weighted by molar-refractivity contribution is -0.131. The number of ether oxygens (including phenoxy) is 1. The van der Waals surface area contributed by atoms with Gasteiger partial charge in [-0.1, -0.05) is 13.0 Å². The monoisotopic (exact) mass is 451 g/mol. The summed E-state index contributed by atoms with van der Waals surface area (Å²) >= 11 is 1.69. The van der Waals surface area contributed by atoms with E-state index < -0.39 is 0 Å². The lowest BCUT2D eigenvalue weighted by atomic mass is 9.88. The van der Waals surface area contributed by atoms with Crippen molar-refractivity contribution in [2.75, 3.05) is 19.7 Å². The number of amides is 1. The number of fused-ring (bicyclic) bond motifs is 3. The van der Waals surface area contributed by atoms with E-state index in [-0.39, 0.29) is 11.9 Å². The minimum Gasteiger partial charge on any atom is -0.493 e. The van der Waals surface area contributed by atoms with Gasteiger partial charge >= 0.3 is 0 Å². The van der Waals surface area contributed by atoms with Crippen molar-refractivity contribution in [1.82, 2.24) is 24.6 Å². The summed E-state index contributed by atoms with van der Waals surface area (Å²) < 4.78 is 8.00. The summed E-state index contributed by atoms with van der Waals surface area (Å²) in [6.45, 7) is 8.46. The lowest BCUT2D eigenvalue weighted by Crippen LogP contribution is -2.37. The molecule has 4 heterocycles. The van der Waals surface area contributed by atoms with E-state index in [9.17, 15) is 4.79 Å². The van der Waals surface area contributed by atoms with Crippen LogP contribution in [0.1, 0.15) is 62.4 Å². The Morgan fingerprint density at radius 1 is 1.28 bits per heavy atom. The molecule has 3 aromatic rings. The Labute approximate surface area is 192 Å². The van der Waals surface area contributed by atoms with E-state index in [1.165, 1.54) is 10.4 Å². The largest absolute Gasteiger partial charge is 0.493 e. The molecule has 0 unspecified atom stereocenters. The highest BCUT2D eigenvalue weighted by atomic mass is 32.1.